The van der Waals surface area contributed by atoms with E-state index in [0.29, 0.717) is 33.4 Å². The molecule has 0 saturated carbocycles. The molecule has 138 valence electrons. The molecule has 1 aliphatic rings. The summed E-state index contributed by atoms with van der Waals surface area (Å²) in [6, 6.07) is 6.87. The van der Waals surface area contributed by atoms with Crippen LogP contribution < -0.4 is 0 Å². The summed E-state index contributed by atoms with van der Waals surface area (Å²) in [6.45, 7) is 4.20. The van der Waals surface area contributed by atoms with Crippen molar-refractivity contribution in [2.24, 2.45) is 4.99 Å². The van der Waals surface area contributed by atoms with Gasteiger partial charge in [-0.15, -0.1) is 0 Å². The Kier molecular flexibility index (Phi) is 6.08. The lowest BCUT2D eigenvalue weighted by Crippen LogP contribution is -2.36. The molecule has 1 aromatic carbocycles. The minimum atomic E-state index is -0.244. The SMILES string of the molecule is C=NC1=C(/C=C/c2cccnc2)N(C(=O)c2cc(Br)c(O)c(Br)c2)CCO1. The van der Waals surface area contributed by atoms with Crippen molar-refractivity contribution in [2.75, 3.05) is 13.2 Å². The number of aromatic nitrogens is 1. The molecule has 0 saturated heterocycles. The molecule has 2 heterocycles. The quantitative estimate of drug-likeness (QED) is 0.643. The molecule has 1 aliphatic heterocycles. The molecule has 8 heteroatoms. The van der Waals surface area contributed by atoms with Crippen LogP contribution in [0.1, 0.15) is 15.9 Å². The number of hydrogen-bond acceptors (Lipinski definition) is 5. The van der Waals surface area contributed by atoms with Crippen molar-refractivity contribution < 1.29 is 14.6 Å². The average molecular weight is 493 g/mol. The number of carbonyl (C=O) groups is 1. The number of pyridine rings is 1. The zero-order valence-corrected chi connectivity index (χ0v) is 17.3. The van der Waals surface area contributed by atoms with Crippen molar-refractivity contribution in [3.8, 4) is 5.75 Å². The van der Waals surface area contributed by atoms with Crippen LogP contribution in [0.15, 0.2) is 68.3 Å². The summed E-state index contributed by atoms with van der Waals surface area (Å²) in [5.41, 5.74) is 1.79. The standard InChI is InChI=1S/C19H15Br2N3O3/c1-22-18-16(5-4-12-3-2-6-23-11-12)24(7-8-27-18)19(26)13-9-14(20)17(25)15(21)10-13/h2-6,9-11,25H,1,7-8H2/b5-4+. The molecule has 1 aromatic heterocycles. The number of phenols is 1. The van der Waals surface area contributed by atoms with E-state index < -0.39 is 0 Å². The maximum absolute atomic E-state index is 13.1. The van der Waals surface area contributed by atoms with Crippen LogP contribution in [-0.4, -0.2) is 40.8 Å². The number of rotatable bonds is 4. The van der Waals surface area contributed by atoms with Gasteiger partial charge in [0.05, 0.1) is 15.5 Å². The Morgan fingerprint density at radius 1 is 1.33 bits per heavy atom. The van der Waals surface area contributed by atoms with Gasteiger partial charge in [0.25, 0.3) is 5.91 Å². The summed E-state index contributed by atoms with van der Waals surface area (Å²) < 4.78 is 6.39. The first-order valence-corrected chi connectivity index (χ1v) is 9.51. The smallest absolute Gasteiger partial charge is 0.258 e. The van der Waals surface area contributed by atoms with Gasteiger partial charge in [0, 0.05) is 18.0 Å². The molecule has 0 aliphatic carbocycles. The van der Waals surface area contributed by atoms with Crippen molar-refractivity contribution in [3.63, 3.8) is 0 Å². The molecular weight excluding hydrogens is 478 g/mol. The van der Waals surface area contributed by atoms with Crippen molar-refractivity contribution in [1.82, 2.24) is 9.88 Å². The van der Waals surface area contributed by atoms with Gasteiger partial charge in [-0.2, -0.15) is 0 Å². The Morgan fingerprint density at radius 2 is 2.07 bits per heavy atom. The van der Waals surface area contributed by atoms with Gasteiger partial charge in [-0.3, -0.25) is 9.78 Å². The first-order valence-electron chi connectivity index (χ1n) is 7.93. The van der Waals surface area contributed by atoms with Crippen molar-refractivity contribution >= 4 is 50.6 Å². The maximum Gasteiger partial charge on any atom is 0.258 e. The third kappa shape index (κ3) is 4.28. The Hall–Kier alpha value is -2.45. The molecule has 0 atom stereocenters. The third-order valence-corrected chi connectivity index (χ3v) is 5.04. The molecule has 6 nitrogen and oxygen atoms in total. The monoisotopic (exact) mass is 491 g/mol. The topological polar surface area (TPSA) is 75.0 Å². The number of benzene rings is 1. The minimum absolute atomic E-state index is 0.0363. The molecule has 3 rings (SSSR count). The van der Waals surface area contributed by atoms with E-state index in [2.05, 4.69) is 48.6 Å². The van der Waals surface area contributed by atoms with Gasteiger partial charge in [0.15, 0.2) is 0 Å². The highest BCUT2D eigenvalue weighted by Crippen LogP contribution is 2.34. The summed E-state index contributed by atoms with van der Waals surface area (Å²) in [6.07, 6.45) is 6.98. The van der Waals surface area contributed by atoms with Crippen LogP contribution >= 0.6 is 31.9 Å². The highest BCUT2D eigenvalue weighted by Gasteiger charge is 2.26. The van der Waals surface area contributed by atoms with Gasteiger partial charge in [0.1, 0.15) is 18.1 Å². The van der Waals surface area contributed by atoms with Crippen LogP contribution in [0.4, 0.5) is 0 Å². The molecule has 1 amide bonds. The van der Waals surface area contributed by atoms with Crippen LogP contribution in [0.2, 0.25) is 0 Å². The fourth-order valence-corrected chi connectivity index (χ4v) is 3.72. The number of phenolic OH excluding ortho intramolecular Hbond substituents is 1. The Balaban J connectivity index is 1.98. The van der Waals surface area contributed by atoms with Crippen LogP contribution in [-0.2, 0) is 4.74 Å². The molecule has 1 N–H and O–H groups in total. The molecule has 0 bridgehead atoms. The lowest BCUT2D eigenvalue weighted by atomic mass is 10.1. The molecule has 27 heavy (non-hydrogen) atoms. The van der Waals surface area contributed by atoms with Crippen molar-refractivity contribution in [1.29, 1.82) is 0 Å². The van der Waals surface area contributed by atoms with Gasteiger partial charge >= 0.3 is 0 Å². The van der Waals surface area contributed by atoms with Gasteiger partial charge in [-0.25, -0.2) is 4.99 Å². The largest absolute Gasteiger partial charge is 0.506 e. The van der Waals surface area contributed by atoms with Crippen LogP contribution in [0.25, 0.3) is 6.08 Å². The van der Waals surface area contributed by atoms with E-state index in [1.165, 1.54) is 0 Å². The normalized spacial score (nSPS) is 14.4. The molecule has 0 fully saturated rings. The van der Waals surface area contributed by atoms with E-state index in [9.17, 15) is 9.90 Å². The average Bonchev–Trinajstić information content (AvgIpc) is 2.70. The Labute approximate surface area is 173 Å². The fourth-order valence-electron chi connectivity index (χ4n) is 2.54. The van der Waals surface area contributed by atoms with Gasteiger partial charge in [0.2, 0.25) is 5.88 Å². The molecule has 0 unspecified atom stereocenters. The van der Waals surface area contributed by atoms with E-state index in [0.717, 1.165) is 5.56 Å². The van der Waals surface area contributed by atoms with Gasteiger partial charge < -0.3 is 14.7 Å². The van der Waals surface area contributed by atoms with E-state index in [4.69, 9.17) is 4.74 Å². The van der Waals surface area contributed by atoms with Gasteiger partial charge in [-0.05, 0) is 68.4 Å². The molecule has 0 spiro atoms. The number of amides is 1. The van der Waals surface area contributed by atoms with Crippen molar-refractivity contribution in [3.05, 3.63) is 74.4 Å². The highest BCUT2D eigenvalue weighted by atomic mass is 79.9. The predicted octanol–water partition coefficient (Wildman–Crippen LogP) is 4.37. The van der Waals surface area contributed by atoms with E-state index >= 15 is 0 Å². The number of ether oxygens (including phenoxy) is 1. The Morgan fingerprint density at radius 3 is 2.70 bits per heavy atom. The second kappa shape index (κ2) is 8.49. The molecule has 0 radical (unpaired) electrons. The van der Waals surface area contributed by atoms with Crippen LogP contribution in [0.3, 0.4) is 0 Å². The van der Waals surface area contributed by atoms with E-state index in [-0.39, 0.29) is 17.5 Å². The summed E-state index contributed by atoms with van der Waals surface area (Å²) in [4.78, 5) is 22.7. The van der Waals surface area contributed by atoms with Gasteiger partial charge in [-0.1, -0.05) is 12.1 Å². The number of aliphatic imine (C=N–C) groups is 1. The summed E-state index contributed by atoms with van der Waals surface area (Å²) >= 11 is 6.51. The number of allylic oxidation sites excluding steroid dienone is 1. The zero-order chi connectivity index (χ0) is 19.4. The summed E-state index contributed by atoms with van der Waals surface area (Å²) in [7, 11) is 0. The predicted molar refractivity (Wildman–Crippen MR) is 110 cm³/mol. The Bertz CT molecular complexity index is 919. The summed E-state index contributed by atoms with van der Waals surface area (Å²) in [5, 5.41) is 9.88. The minimum Gasteiger partial charge on any atom is -0.506 e. The van der Waals surface area contributed by atoms with E-state index in [1.807, 2.05) is 18.2 Å². The number of nitrogens with zero attached hydrogens (tertiary/aromatic N) is 3. The second-order valence-electron chi connectivity index (χ2n) is 5.56. The van der Waals surface area contributed by atoms with E-state index in [1.54, 1.807) is 35.5 Å². The molecule has 2 aromatic rings. The number of carbonyl (C=O) groups excluding carboxylic acids is 1. The van der Waals surface area contributed by atoms with Crippen molar-refractivity contribution in [2.45, 2.75) is 0 Å². The second-order valence-corrected chi connectivity index (χ2v) is 7.27. The first kappa shape index (κ1) is 19.3. The van der Waals surface area contributed by atoms with Crippen LogP contribution in [0, 0.1) is 0 Å². The maximum atomic E-state index is 13.1. The molecular formula is C19H15Br2N3O3. The number of hydrogen-bond donors (Lipinski definition) is 1. The highest BCUT2D eigenvalue weighted by molar-refractivity contribution is 9.11. The fraction of sp³-hybridized carbons (Fsp3) is 0.105. The number of aromatic hydroxyl groups is 1. The lowest BCUT2D eigenvalue weighted by molar-refractivity contribution is 0.0691. The first-order chi connectivity index (χ1) is 13.0. The third-order valence-electron chi connectivity index (χ3n) is 3.83. The van der Waals surface area contributed by atoms with Crippen LogP contribution in [0.5, 0.6) is 5.75 Å². The summed E-state index contributed by atoms with van der Waals surface area (Å²) in [5.74, 6) is 0.0764. The number of halogens is 2. The lowest BCUT2D eigenvalue weighted by Gasteiger charge is -2.29. The zero-order valence-electron chi connectivity index (χ0n) is 14.1.